The summed E-state index contributed by atoms with van der Waals surface area (Å²) in [5.74, 6) is 3.28. The fourth-order valence-electron chi connectivity index (χ4n) is 1.80. The van der Waals surface area contributed by atoms with Crippen LogP contribution in [-0.2, 0) is 6.54 Å². The van der Waals surface area contributed by atoms with Crippen LogP contribution in [0, 0.1) is 12.3 Å². The Kier molecular flexibility index (Phi) is 6.16. The Labute approximate surface area is 149 Å². The van der Waals surface area contributed by atoms with Crippen molar-refractivity contribution in [1.29, 1.82) is 0 Å². The molecule has 0 heterocycles. The third-order valence-corrected chi connectivity index (χ3v) is 4.45. The van der Waals surface area contributed by atoms with Crippen molar-refractivity contribution in [3.8, 4) is 18.1 Å². The quantitative estimate of drug-likeness (QED) is 0.571. The van der Waals surface area contributed by atoms with Crippen LogP contribution in [-0.4, -0.2) is 6.61 Å². The summed E-state index contributed by atoms with van der Waals surface area (Å²) < 4.78 is 8.51. The van der Waals surface area contributed by atoms with Gasteiger partial charge < -0.3 is 10.1 Å². The Bertz CT molecular complexity index is 656. The molecule has 0 saturated carbocycles. The van der Waals surface area contributed by atoms with E-state index in [4.69, 9.17) is 11.2 Å². The molecule has 2 rings (SSSR count). The van der Waals surface area contributed by atoms with E-state index in [9.17, 15) is 0 Å². The first-order chi connectivity index (χ1) is 10.1. The van der Waals surface area contributed by atoms with E-state index in [1.54, 1.807) is 0 Å². The van der Waals surface area contributed by atoms with Crippen LogP contribution in [0.25, 0.3) is 0 Å². The van der Waals surface area contributed by atoms with Gasteiger partial charge >= 0.3 is 0 Å². The van der Waals surface area contributed by atoms with Crippen molar-refractivity contribution in [1.82, 2.24) is 0 Å². The molecule has 5 heteroatoms. The number of halogens is 3. The van der Waals surface area contributed by atoms with Crippen LogP contribution in [0.2, 0.25) is 0 Å². The van der Waals surface area contributed by atoms with Crippen LogP contribution in [0.15, 0.2) is 49.8 Å². The summed E-state index contributed by atoms with van der Waals surface area (Å²) in [5, 5.41) is 3.40. The number of hydrogen-bond donors (Lipinski definition) is 1. The van der Waals surface area contributed by atoms with Gasteiger partial charge in [0.2, 0.25) is 0 Å². The third-order valence-electron chi connectivity index (χ3n) is 2.75. The number of benzene rings is 2. The predicted octanol–water partition coefficient (Wildman–Crippen LogP) is 5.60. The molecule has 0 aliphatic rings. The molecule has 2 aromatic rings. The minimum absolute atomic E-state index is 0.267. The van der Waals surface area contributed by atoms with Gasteiger partial charge in [-0.2, -0.15) is 0 Å². The normalized spacial score (nSPS) is 10.0. The summed E-state index contributed by atoms with van der Waals surface area (Å²) in [5.41, 5.74) is 2.04. The average molecular weight is 474 g/mol. The largest absolute Gasteiger partial charge is 0.481 e. The molecule has 0 radical (unpaired) electrons. The van der Waals surface area contributed by atoms with Gasteiger partial charge in [0.25, 0.3) is 0 Å². The SMILES string of the molecule is C#CCOc1ccccc1CNc1c(Br)cc(Br)cc1Br. The van der Waals surface area contributed by atoms with Gasteiger partial charge in [-0.1, -0.05) is 40.0 Å². The number of terminal acetylenes is 1. The number of para-hydroxylation sites is 1. The van der Waals surface area contributed by atoms with E-state index < -0.39 is 0 Å². The zero-order valence-electron chi connectivity index (χ0n) is 11.0. The maximum atomic E-state index is 5.55. The van der Waals surface area contributed by atoms with Crippen LogP contribution in [0.5, 0.6) is 5.75 Å². The predicted molar refractivity (Wildman–Crippen MR) is 97.6 cm³/mol. The summed E-state index contributed by atoms with van der Waals surface area (Å²) in [7, 11) is 0. The summed E-state index contributed by atoms with van der Waals surface area (Å²) in [6.07, 6.45) is 5.24. The minimum atomic E-state index is 0.267. The van der Waals surface area contributed by atoms with Crippen LogP contribution < -0.4 is 10.1 Å². The number of ether oxygens (including phenoxy) is 1. The lowest BCUT2D eigenvalue weighted by Crippen LogP contribution is -2.04. The standard InChI is InChI=1S/C16H12Br3NO/c1-2-7-21-15-6-4-3-5-11(15)10-20-16-13(18)8-12(17)9-14(16)19/h1,3-6,8-9,20H,7,10H2. The van der Waals surface area contributed by atoms with Crippen molar-refractivity contribution < 1.29 is 4.74 Å². The monoisotopic (exact) mass is 471 g/mol. The zero-order valence-corrected chi connectivity index (χ0v) is 15.8. The minimum Gasteiger partial charge on any atom is -0.481 e. The summed E-state index contributed by atoms with van der Waals surface area (Å²) in [4.78, 5) is 0. The van der Waals surface area contributed by atoms with Gasteiger partial charge in [0, 0.05) is 25.5 Å². The van der Waals surface area contributed by atoms with Crippen molar-refractivity contribution in [3.05, 3.63) is 55.4 Å². The molecular formula is C16H12Br3NO. The Morgan fingerprint density at radius 2 is 1.76 bits per heavy atom. The van der Waals surface area contributed by atoms with E-state index in [0.717, 1.165) is 30.4 Å². The molecule has 21 heavy (non-hydrogen) atoms. The van der Waals surface area contributed by atoms with E-state index in [1.165, 1.54) is 0 Å². The van der Waals surface area contributed by atoms with Crippen molar-refractivity contribution in [3.63, 3.8) is 0 Å². The van der Waals surface area contributed by atoms with Crippen molar-refractivity contribution in [2.45, 2.75) is 6.54 Å². The molecule has 0 bridgehead atoms. The maximum absolute atomic E-state index is 5.55. The molecule has 0 spiro atoms. The van der Waals surface area contributed by atoms with Gasteiger partial charge in [0.05, 0.1) is 5.69 Å². The molecule has 0 aliphatic heterocycles. The molecule has 108 valence electrons. The Balaban J connectivity index is 2.16. The maximum Gasteiger partial charge on any atom is 0.148 e. The number of nitrogens with one attached hydrogen (secondary N) is 1. The van der Waals surface area contributed by atoms with Gasteiger partial charge in [-0.3, -0.25) is 0 Å². The lowest BCUT2D eigenvalue weighted by atomic mass is 10.2. The molecule has 0 atom stereocenters. The molecule has 0 aromatic heterocycles. The number of anilines is 1. The number of hydrogen-bond acceptors (Lipinski definition) is 2. The highest BCUT2D eigenvalue weighted by atomic mass is 79.9. The highest BCUT2D eigenvalue weighted by Crippen LogP contribution is 2.35. The second kappa shape index (κ2) is 7.88. The smallest absolute Gasteiger partial charge is 0.148 e. The lowest BCUT2D eigenvalue weighted by Gasteiger charge is -2.14. The molecule has 0 saturated heterocycles. The third kappa shape index (κ3) is 4.50. The first kappa shape index (κ1) is 16.4. The summed E-state index contributed by atoms with van der Waals surface area (Å²) in [6, 6.07) is 11.8. The fourth-order valence-corrected chi connectivity index (χ4v) is 4.34. The van der Waals surface area contributed by atoms with Crippen LogP contribution in [0.4, 0.5) is 5.69 Å². The van der Waals surface area contributed by atoms with Gasteiger partial charge in [-0.25, -0.2) is 0 Å². The fraction of sp³-hybridized carbons (Fsp3) is 0.125. The molecule has 0 unspecified atom stereocenters. The second-order valence-electron chi connectivity index (χ2n) is 4.20. The number of rotatable bonds is 5. The molecular weight excluding hydrogens is 462 g/mol. The molecule has 0 amide bonds. The van der Waals surface area contributed by atoms with E-state index in [2.05, 4.69) is 59.0 Å². The lowest BCUT2D eigenvalue weighted by molar-refractivity contribution is 0.366. The molecule has 1 N–H and O–H groups in total. The van der Waals surface area contributed by atoms with Crippen molar-refractivity contribution >= 4 is 53.5 Å². The zero-order chi connectivity index (χ0) is 15.2. The highest BCUT2D eigenvalue weighted by molar-refractivity contribution is 9.11. The molecule has 2 aromatic carbocycles. The average Bonchev–Trinajstić information content (AvgIpc) is 2.45. The summed E-state index contributed by atoms with van der Waals surface area (Å²) in [6.45, 7) is 0.905. The highest BCUT2D eigenvalue weighted by Gasteiger charge is 2.08. The topological polar surface area (TPSA) is 21.3 Å². The summed E-state index contributed by atoms with van der Waals surface area (Å²) >= 11 is 10.6. The van der Waals surface area contributed by atoms with Gasteiger partial charge in [0.15, 0.2) is 0 Å². The van der Waals surface area contributed by atoms with E-state index >= 15 is 0 Å². The first-order valence-electron chi connectivity index (χ1n) is 6.14. The van der Waals surface area contributed by atoms with Crippen molar-refractivity contribution in [2.24, 2.45) is 0 Å². The van der Waals surface area contributed by atoms with Crippen molar-refractivity contribution in [2.75, 3.05) is 11.9 Å². The van der Waals surface area contributed by atoms with E-state index in [1.807, 2.05) is 36.4 Å². The Morgan fingerprint density at radius 1 is 1.10 bits per heavy atom. The first-order valence-corrected chi connectivity index (χ1v) is 8.52. The van der Waals surface area contributed by atoms with Crippen LogP contribution in [0.3, 0.4) is 0 Å². The molecule has 0 fully saturated rings. The van der Waals surface area contributed by atoms with E-state index in [-0.39, 0.29) is 6.61 Å². The Hall–Kier alpha value is -0.960. The van der Waals surface area contributed by atoms with Gasteiger partial charge in [-0.15, -0.1) is 6.42 Å². The molecule has 2 nitrogen and oxygen atoms in total. The van der Waals surface area contributed by atoms with E-state index in [0.29, 0.717) is 6.54 Å². The Morgan fingerprint density at radius 3 is 2.43 bits per heavy atom. The second-order valence-corrected chi connectivity index (χ2v) is 6.82. The van der Waals surface area contributed by atoms with Gasteiger partial charge in [0.1, 0.15) is 12.4 Å². The van der Waals surface area contributed by atoms with Gasteiger partial charge in [-0.05, 0) is 50.1 Å². The van der Waals surface area contributed by atoms with Crippen LogP contribution in [0.1, 0.15) is 5.56 Å². The molecule has 0 aliphatic carbocycles. The van der Waals surface area contributed by atoms with Crippen LogP contribution >= 0.6 is 47.8 Å².